The maximum atomic E-state index is 2.40. The van der Waals surface area contributed by atoms with E-state index in [-0.39, 0.29) is 12.4 Å². The van der Waals surface area contributed by atoms with Gasteiger partial charge in [-0.3, -0.25) is 0 Å². The summed E-state index contributed by atoms with van der Waals surface area (Å²) in [4.78, 5) is 9.59. The van der Waals surface area contributed by atoms with Gasteiger partial charge in [0.25, 0.3) is 0 Å². The molecule has 0 aromatic heterocycles. The molecule has 42 valence electrons. The molecule has 0 nitrogen and oxygen atoms in total. The second kappa shape index (κ2) is 3.15. The van der Waals surface area contributed by atoms with Crippen molar-refractivity contribution in [1.29, 1.82) is 0 Å². The molecule has 2 heteroatoms. The fraction of sp³-hybridized carbons (Fsp3) is 1.00. The quantitative estimate of drug-likeness (QED) is 0.547. The number of hydrogen-bond acceptors (Lipinski definition) is 0. The summed E-state index contributed by atoms with van der Waals surface area (Å²) in [7, 11) is 0. The van der Waals surface area contributed by atoms with Crippen molar-refractivity contribution in [2.45, 2.75) is 19.5 Å². The van der Waals surface area contributed by atoms with Crippen LogP contribution < -0.4 is 0 Å². The average molecular weight is 219 g/mol. The molecule has 0 aromatic carbocycles. The molecule has 0 unspecified atom stereocenters. The SMILES string of the molecule is Cl.[CH3][SbH]([CH3])([CH3])[CH3]. The van der Waals surface area contributed by atoms with Gasteiger partial charge in [0.1, 0.15) is 0 Å². The molecule has 0 amide bonds. The molecule has 0 spiro atoms. The van der Waals surface area contributed by atoms with E-state index >= 15 is 0 Å². The molecule has 0 aromatic rings. The predicted molar refractivity (Wildman–Crippen MR) is 37.9 cm³/mol. The van der Waals surface area contributed by atoms with Crippen LogP contribution in [0.15, 0.2) is 0 Å². The van der Waals surface area contributed by atoms with Gasteiger partial charge in [0.05, 0.1) is 0 Å². The van der Waals surface area contributed by atoms with Gasteiger partial charge < -0.3 is 0 Å². The Bertz CT molecular complexity index is 23.0. The molecule has 6 heavy (non-hydrogen) atoms. The second-order valence-electron chi connectivity index (χ2n) is 3.00. The van der Waals surface area contributed by atoms with Gasteiger partial charge in [-0.05, 0) is 0 Å². The molecular formula is C4H14ClSb. The molecule has 0 bridgehead atoms. The number of rotatable bonds is 0. The molecule has 0 heterocycles. The molecule has 0 aliphatic rings. The monoisotopic (exact) mass is 218 g/mol. The van der Waals surface area contributed by atoms with E-state index in [2.05, 4.69) is 19.5 Å². The zero-order valence-corrected chi connectivity index (χ0v) is 8.58. The first-order valence-corrected chi connectivity index (χ1v) is 13.4. The zero-order valence-electron chi connectivity index (χ0n) is 4.91. The van der Waals surface area contributed by atoms with Crippen LogP contribution in [0.5, 0.6) is 0 Å². The Hall–Kier alpha value is 1.11. The van der Waals surface area contributed by atoms with Crippen molar-refractivity contribution in [1.82, 2.24) is 0 Å². The molecule has 0 atom stereocenters. The van der Waals surface area contributed by atoms with Crippen molar-refractivity contribution < 1.29 is 0 Å². The van der Waals surface area contributed by atoms with Gasteiger partial charge in [-0.25, -0.2) is 0 Å². The summed E-state index contributed by atoms with van der Waals surface area (Å²) in [5.41, 5.74) is 0. The van der Waals surface area contributed by atoms with E-state index in [4.69, 9.17) is 0 Å². The maximum absolute atomic E-state index is 2.40. The summed E-state index contributed by atoms with van der Waals surface area (Å²) in [6.45, 7) is 0. The van der Waals surface area contributed by atoms with E-state index in [9.17, 15) is 0 Å². The van der Waals surface area contributed by atoms with Gasteiger partial charge in [0.2, 0.25) is 0 Å². The third kappa shape index (κ3) is 70.2. The normalized spacial score (nSPS) is 12.7. The molecule has 0 rings (SSSR count). The summed E-state index contributed by atoms with van der Waals surface area (Å²) in [6, 6.07) is 0. The van der Waals surface area contributed by atoms with Gasteiger partial charge >= 0.3 is 38.3 Å². The first-order chi connectivity index (χ1) is 2.00. The molecule has 0 saturated heterocycles. The van der Waals surface area contributed by atoms with Crippen molar-refractivity contribution in [3.8, 4) is 0 Å². The van der Waals surface area contributed by atoms with E-state index < -0.39 is 18.8 Å². The summed E-state index contributed by atoms with van der Waals surface area (Å²) < 4.78 is 0. The van der Waals surface area contributed by atoms with Crippen LogP contribution in [0.3, 0.4) is 0 Å². The van der Waals surface area contributed by atoms with E-state index in [1.54, 1.807) is 0 Å². The molecule has 0 fully saturated rings. The number of hydrogen-bond donors (Lipinski definition) is 0. The van der Waals surface area contributed by atoms with Gasteiger partial charge in [0.15, 0.2) is 0 Å². The predicted octanol–water partition coefficient (Wildman–Crippen LogP) is 2.11. The van der Waals surface area contributed by atoms with Crippen LogP contribution in [0.1, 0.15) is 0 Å². The van der Waals surface area contributed by atoms with Crippen molar-refractivity contribution in [2.75, 3.05) is 0 Å². The Morgan fingerprint density at radius 1 is 0.833 bits per heavy atom. The van der Waals surface area contributed by atoms with Crippen LogP contribution in [0.2, 0.25) is 19.5 Å². The van der Waals surface area contributed by atoms with Crippen molar-refractivity contribution in [3.05, 3.63) is 0 Å². The van der Waals surface area contributed by atoms with Gasteiger partial charge in [-0.2, -0.15) is 0 Å². The molecule has 0 saturated carbocycles. The van der Waals surface area contributed by atoms with Gasteiger partial charge in [-0.1, -0.05) is 0 Å². The van der Waals surface area contributed by atoms with E-state index in [0.717, 1.165) is 0 Å². The van der Waals surface area contributed by atoms with E-state index in [1.807, 2.05) is 0 Å². The summed E-state index contributed by atoms with van der Waals surface area (Å²) in [6.07, 6.45) is 0. The molecule has 0 radical (unpaired) electrons. The van der Waals surface area contributed by atoms with Crippen LogP contribution in [-0.4, -0.2) is 18.8 Å². The third-order valence-electron chi connectivity index (χ3n) is 0. The number of halogens is 1. The van der Waals surface area contributed by atoms with Gasteiger partial charge in [-0.15, -0.1) is 12.4 Å². The van der Waals surface area contributed by atoms with Crippen LogP contribution in [0.4, 0.5) is 0 Å². The Morgan fingerprint density at radius 2 is 0.833 bits per heavy atom. The third-order valence-corrected chi connectivity index (χ3v) is 0. The fourth-order valence-corrected chi connectivity index (χ4v) is 0. The summed E-state index contributed by atoms with van der Waals surface area (Å²) in [5, 5.41) is 0. The molecule has 0 N–H and O–H groups in total. The topological polar surface area (TPSA) is 0 Å². The Labute approximate surface area is 50.7 Å². The summed E-state index contributed by atoms with van der Waals surface area (Å²) >= 11 is -1.18. The first-order valence-electron chi connectivity index (χ1n) is 2.00. The first kappa shape index (κ1) is 10.2. The van der Waals surface area contributed by atoms with E-state index in [1.165, 1.54) is 0 Å². The molecular weight excluding hydrogens is 205 g/mol. The molecule has 0 aliphatic carbocycles. The summed E-state index contributed by atoms with van der Waals surface area (Å²) in [5.74, 6) is 0. The second-order valence-corrected chi connectivity index (χ2v) is 20.1. The Morgan fingerprint density at radius 3 is 0.833 bits per heavy atom. The van der Waals surface area contributed by atoms with Crippen LogP contribution in [-0.2, 0) is 0 Å². The van der Waals surface area contributed by atoms with Crippen molar-refractivity contribution in [2.24, 2.45) is 0 Å². The van der Waals surface area contributed by atoms with Crippen LogP contribution in [0, 0.1) is 0 Å². The van der Waals surface area contributed by atoms with E-state index in [0.29, 0.717) is 0 Å². The Balaban J connectivity index is 0. The van der Waals surface area contributed by atoms with Crippen molar-refractivity contribution >= 4 is 31.2 Å². The van der Waals surface area contributed by atoms with Crippen LogP contribution in [0.25, 0.3) is 0 Å². The molecule has 0 aliphatic heterocycles. The standard InChI is InChI=1S/4CH3.ClH.Sb.H/h4*1H3;1H;;. The van der Waals surface area contributed by atoms with Crippen LogP contribution >= 0.6 is 12.4 Å². The van der Waals surface area contributed by atoms with Gasteiger partial charge in [0, 0.05) is 0 Å². The Kier molecular flexibility index (Phi) is 5.34. The zero-order chi connectivity index (χ0) is 4.50. The minimum absolute atomic E-state index is 0. The fourth-order valence-electron chi connectivity index (χ4n) is 0. The average Bonchev–Trinajstić information content (AvgIpc) is 0.722. The van der Waals surface area contributed by atoms with Crippen molar-refractivity contribution in [3.63, 3.8) is 0 Å². The minimum atomic E-state index is -1.18.